The fraction of sp³-hybridized carbons (Fsp3) is 0.647. The Morgan fingerprint density at radius 3 is 2.54 bits per heavy atom. The van der Waals surface area contributed by atoms with Gasteiger partial charge in [-0.25, -0.2) is 0 Å². The first-order chi connectivity index (χ1) is 11.8. The standard InChI is InChI=1S/C17H24N6O/c1-2-14(24)18-17-20-19-15-12-8-4-5-9-13(12)16(21-23(15)17)22-10-6-3-7-11-22/h2-11H2,1H3,(H,18,20,24). The molecule has 7 nitrogen and oxygen atoms in total. The number of piperidine rings is 1. The molecule has 1 amide bonds. The van der Waals surface area contributed by atoms with Gasteiger partial charge in [0, 0.05) is 30.6 Å². The molecule has 1 fully saturated rings. The topological polar surface area (TPSA) is 75.4 Å². The Morgan fingerprint density at radius 1 is 1.04 bits per heavy atom. The van der Waals surface area contributed by atoms with Crippen LogP contribution in [0, 0.1) is 0 Å². The smallest absolute Gasteiger partial charge is 0.252 e. The molecule has 1 N–H and O–H groups in total. The van der Waals surface area contributed by atoms with Gasteiger partial charge in [-0.2, -0.15) is 4.52 Å². The van der Waals surface area contributed by atoms with Crippen molar-refractivity contribution in [1.29, 1.82) is 0 Å². The van der Waals surface area contributed by atoms with Gasteiger partial charge in [0.2, 0.25) is 5.91 Å². The fourth-order valence-corrected chi connectivity index (χ4v) is 3.77. The number of fused-ring (bicyclic) bond motifs is 3. The van der Waals surface area contributed by atoms with Gasteiger partial charge in [0.1, 0.15) is 0 Å². The highest BCUT2D eigenvalue weighted by atomic mass is 16.1. The summed E-state index contributed by atoms with van der Waals surface area (Å²) < 4.78 is 1.74. The van der Waals surface area contributed by atoms with Crippen molar-refractivity contribution in [2.45, 2.75) is 58.3 Å². The summed E-state index contributed by atoms with van der Waals surface area (Å²) in [7, 11) is 0. The van der Waals surface area contributed by atoms with Gasteiger partial charge in [-0.3, -0.25) is 10.1 Å². The summed E-state index contributed by atoms with van der Waals surface area (Å²) in [4.78, 5) is 14.2. The van der Waals surface area contributed by atoms with E-state index in [9.17, 15) is 4.79 Å². The molecule has 0 unspecified atom stereocenters. The van der Waals surface area contributed by atoms with Crippen molar-refractivity contribution < 1.29 is 4.79 Å². The molecule has 1 saturated heterocycles. The Kier molecular flexibility index (Phi) is 4.08. The Hall–Kier alpha value is -2.18. The van der Waals surface area contributed by atoms with Gasteiger partial charge in [0.25, 0.3) is 5.95 Å². The van der Waals surface area contributed by atoms with E-state index in [1.165, 1.54) is 43.2 Å². The summed E-state index contributed by atoms with van der Waals surface area (Å²) in [5.74, 6) is 1.44. The summed E-state index contributed by atoms with van der Waals surface area (Å²) in [5, 5.41) is 16.2. The summed E-state index contributed by atoms with van der Waals surface area (Å²) in [6, 6.07) is 0. The summed E-state index contributed by atoms with van der Waals surface area (Å²) >= 11 is 0. The van der Waals surface area contributed by atoms with Gasteiger partial charge in [0.15, 0.2) is 11.5 Å². The summed E-state index contributed by atoms with van der Waals surface area (Å²) in [5.41, 5.74) is 3.41. The molecule has 4 rings (SSSR count). The van der Waals surface area contributed by atoms with E-state index < -0.39 is 0 Å². The van der Waals surface area contributed by atoms with Gasteiger partial charge < -0.3 is 4.90 Å². The van der Waals surface area contributed by atoms with Crippen molar-refractivity contribution in [3.63, 3.8) is 0 Å². The van der Waals surface area contributed by atoms with Crippen molar-refractivity contribution in [2.24, 2.45) is 0 Å². The lowest BCUT2D eigenvalue weighted by Gasteiger charge is -2.31. The van der Waals surface area contributed by atoms with Gasteiger partial charge in [0.05, 0.1) is 0 Å². The molecule has 2 aliphatic rings. The number of aryl methyl sites for hydroxylation is 1. The van der Waals surface area contributed by atoms with Crippen LogP contribution in [0.5, 0.6) is 0 Å². The number of nitrogens with one attached hydrogen (secondary N) is 1. The van der Waals surface area contributed by atoms with E-state index in [0.717, 1.165) is 37.4 Å². The minimum Gasteiger partial charge on any atom is -0.355 e. The first kappa shape index (κ1) is 15.4. The number of hydrogen-bond donors (Lipinski definition) is 1. The lowest BCUT2D eigenvalue weighted by molar-refractivity contribution is -0.115. The van der Waals surface area contributed by atoms with E-state index in [4.69, 9.17) is 5.10 Å². The Bertz CT molecular complexity index is 762. The molecule has 24 heavy (non-hydrogen) atoms. The number of amides is 1. The Balaban J connectivity index is 1.84. The van der Waals surface area contributed by atoms with Crippen LogP contribution in [0.25, 0.3) is 5.65 Å². The monoisotopic (exact) mass is 328 g/mol. The van der Waals surface area contributed by atoms with E-state index in [1.807, 2.05) is 6.92 Å². The fourth-order valence-electron chi connectivity index (χ4n) is 3.77. The molecule has 0 spiro atoms. The maximum atomic E-state index is 11.8. The highest BCUT2D eigenvalue weighted by Crippen LogP contribution is 2.33. The summed E-state index contributed by atoms with van der Waals surface area (Å²) in [6.07, 6.45) is 8.61. The normalized spacial score (nSPS) is 17.8. The third-order valence-electron chi connectivity index (χ3n) is 5.07. The lowest BCUT2D eigenvalue weighted by Crippen LogP contribution is -2.32. The minimum atomic E-state index is -0.0663. The maximum absolute atomic E-state index is 11.8. The molecule has 0 aromatic carbocycles. The second kappa shape index (κ2) is 6.37. The lowest BCUT2D eigenvalue weighted by atomic mass is 9.92. The number of rotatable bonds is 3. The van der Waals surface area contributed by atoms with Crippen LogP contribution in [0.3, 0.4) is 0 Å². The number of carbonyl (C=O) groups is 1. The molecule has 1 aliphatic heterocycles. The van der Waals surface area contributed by atoms with Crippen LogP contribution in [0.4, 0.5) is 11.8 Å². The van der Waals surface area contributed by atoms with E-state index in [-0.39, 0.29) is 5.91 Å². The van der Waals surface area contributed by atoms with Crippen LogP contribution in [0.2, 0.25) is 0 Å². The zero-order valence-electron chi connectivity index (χ0n) is 14.2. The zero-order valence-corrected chi connectivity index (χ0v) is 14.2. The first-order valence-corrected chi connectivity index (χ1v) is 9.10. The van der Waals surface area contributed by atoms with Crippen LogP contribution < -0.4 is 10.2 Å². The average molecular weight is 328 g/mol. The summed E-state index contributed by atoms with van der Waals surface area (Å²) in [6.45, 7) is 3.94. The largest absolute Gasteiger partial charge is 0.355 e. The second-order valence-corrected chi connectivity index (χ2v) is 6.70. The van der Waals surface area contributed by atoms with Crippen LogP contribution in [0.1, 0.15) is 56.6 Å². The number of carbonyl (C=O) groups excluding carboxylic acids is 1. The van der Waals surface area contributed by atoms with Crippen molar-refractivity contribution >= 4 is 23.3 Å². The molecule has 0 atom stereocenters. The molecule has 2 aromatic heterocycles. The number of aromatic nitrogens is 4. The number of hydrogen-bond acceptors (Lipinski definition) is 5. The Morgan fingerprint density at radius 2 is 1.79 bits per heavy atom. The quantitative estimate of drug-likeness (QED) is 0.936. The first-order valence-electron chi connectivity index (χ1n) is 9.10. The maximum Gasteiger partial charge on any atom is 0.252 e. The molecular formula is C17H24N6O. The second-order valence-electron chi connectivity index (χ2n) is 6.70. The van der Waals surface area contributed by atoms with Crippen LogP contribution in [0.15, 0.2) is 0 Å². The Labute approximate surface area is 141 Å². The van der Waals surface area contributed by atoms with Crippen molar-refractivity contribution in [3.8, 4) is 0 Å². The van der Waals surface area contributed by atoms with Crippen molar-refractivity contribution in [3.05, 3.63) is 11.1 Å². The van der Waals surface area contributed by atoms with Crippen molar-refractivity contribution in [2.75, 3.05) is 23.3 Å². The SMILES string of the molecule is CCC(=O)Nc1nnc2c3c(c(N4CCCCC4)nn12)CCCC3. The highest BCUT2D eigenvalue weighted by Gasteiger charge is 2.25. The number of nitrogens with zero attached hydrogens (tertiary/aromatic N) is 5. The molecule has 0 radical (unpaired) electrons. The third-order valence-corrected chi connectivity index (χ3v) is 5.07. The third kappa shape index (κ3) is 2.61. The molecule has 2 aromatic rings. The number of anilines is 2. The van der Waals surface area contributed by atoms with Crippen LogP contribution >= 0.6 is 0 Å². The van der Waals surface area contributed by atoms with Crippen LogP contribution in [-0.4, -0.2) is 38.8 Å². The van der Waals surface area contributed by atoms with Gasteiger partial charge in [-0.05, 0) is 44.9 Å². The molecular weight excluding hydrogens is 304 g/mol. The van der Waals surface area contributed by atoms with Gasteiger partial charge >= 0.3 is 0 Å². The zero-order chi connectivity index (χ0) is 16.5. The van der Waals surface area contributed by atoms with Gasteiger partial charge in [-0.15, -0.1) is 15.3 Å². The van der Waals surface area contributed by atoms with Gasteiger partial charge in [-0.1, -0.05) is 6.92 Å². The average Bonchev–Trinajstić information content (AvgIpc) is 3.04. The van der Waals surface area contributed by atoms with E-state index in [0.29, 0.717) is 12.4 Å². The minimum absolute atomic E-state index is 0.0663. The van der Waals surface area contributed by atoms with E-state index in [2.05, 4.69) is 20.4 Å². The van der Waals surface area contributed by atoms with E-state index >= 15 is 0 Å². The molecule has 0 saturated carbocycles. The van der Waals surface area contributed by atoms with E-state index in [1.54, 1.807) is 4.52 Å². The van der Waals surface area contributed by atoms with Crippen molar-refractivity contribution in [1.82, 2.24) is 19.8 Å². The molecule has 128 valence electrons. The molecule has 7 heteroatoms. The predicted molar refractivity (Wildman–Crippen MR) is 92.4 cm³/mol. The molecule has 1 aliphatic carbocycles. The predicted octanol–water partition coefficient (Wildman–Crippen LogP) is 2.34. The highest BCUT2D eigenvalue weighted by molar-refractivity contribution is 5.89. The molecule has 0 bridgehead atoms. The molecule has 3 heterocycles. The van der Waals surface area contributed by atoms with Crippen LogP contribution in [-0.2, 0) is 17.6 Å².